The molecule has 0 spiro atoms. The first-order valence-electron chi connectivity index (χ1n) is 9.12. The van der Waals surface area contributed by atoms with Gasteiger partial charge in [-0.1, -0.05) is 62.7 Å². The molecule has 0 saturated heterocycles. The van der Waals surface area contributed by atoms with Gasteiger partial charge in [0.2, 0.25) is 10.0 Å². The van der Waals surface area contributed by atoms with Crippen molar-refractivity contribution in [1.29, 1.82) is 0 Å². The van der Waals surface area contributed by atoms with Gasteiger partial charge >= 0.3 is 5.97 Å². The molecule has 0 aromatic heterocycles. The third-order valence-corrected chi connectivity index (χ3v) is 6.65. The Hall–Kier alpha value is -2.78. The Balaban J connectivity index is 2.34. The molecular formula is C20H24N2O6S. The minimum absolute atomic E-state index is 0.00593. The predicted octanol–water partition coefficient (Wildman–Crippen LogP) is 3.37. The van der Waals surface area contributed by atoms with Crippen LogP contribution >= 0.6 is 0 Å². The van der Waals surface area contributed by atoms with E-state index in [2.05, 4.69) is 0 Å². The molecule has 0 fully saturated rings. The van der Waals surface area contributed by atoms with E-state index in [1.54, 1.807) is 31.2 Å². The minimum atomic E-state index is -4.31. The first-order valence-corrected chi connectivity index (χ1v) is 10.6. The maximum absolute atomic E-state index is 13.1. The number of nitro groups is 1. The Kier molecular flexibility index (Phi) is 7.46. The van der Waals surface area contributed by atoms with Gasteiger partial charge in [0.25, 0.3) is 5.69 Å². The predicted molar refractivity (Wildman–Crippen MR) is 108 cm³/mol. The molecule has 0 N–H and O–H groups in total. The molecule has 0 heterocycles. The van der Waals surface area contributed by atoms with Crippen LogP contribution in [-0.4, -0.2) is 36.7 Å². The highest BCUT2D eigenvalue weighted by Gasteiger charge is 2.39. The summed E-state index contributed by atoms with van der Waals surface area (Å²) in [6.45, 7) is 3.57. The number of benzene rings is 2. The van der Waals surface area contributed by atoms with Crippen molar-refractivity contribution in [3.63, 3.8) is 0 Å². The molecule has 2 rings (SSSR count). The molecule has 0 amide bonds. The van der Waals surface area contributed by atoms with E-state index in [0.717, 1.165) is 22.0 Å². The highest BCUT2D eigenvalue weighted by molar-refractivity contribution is 7.89. The second kappa shape index (κ2) is 9.62. The fourth-order valence-electron chi connectivity index (χ4n) is 2.91. The number of nitro benzene ring substituents is 1. The lowest BCUT2D eigenvalue weighted by molar-refractivity contribution is -0.387. The summed E-state index contributed by atoms with van der Waals surface area (Å²) in [6.07, 6.45) is 0.516. The highest BCUT2D eigenvalue weighted by atomic mass is 32.2. The molecule has 29 heavy (non-hydrogen) atoms. The smallest absolute Gasteiger partial charge is 0.325 e. The zero-order valence-corrected chi connectivity index (χ0v) is 17.3. The van der Waals surface area contributed by atoms with Crippen molar-refractivity contribution >= 4 is 21.7 Å². The van der Waals surface area contributed by atoms with Gasteiger partial charge in [-0.3, -0.25) is 14.9 Å². The van der Waals surface area contributed by atoms with Gasteiger partial charge in [0.05, 0.1) is 4.92 Å². The quantitative estimate of drug-likeness (QED) is 0.350. The Bertz CT molecular complexity index is 962. The molecule has 0 aliphatic heterocycles. The average Bonchev–Trinajstić information content (AvgIpc) is 2.72. The molecule has 2 aromatic carbocycles. The summed E-state index contributed by atoms with van der Waals surface area (Å²) in [5, 5.41) is 11.3. The van der Waals surface area contributed by atoms with Crippen molar-refractivity contribution in [2.75, 3.05) is 7.05 Å². The topological polar surface area (TPSA) is 107 Å². The van der Waals surface area contributed by atoms with Crippen LogP contribution in [0.2, 0.25) is 0 Å². The summed E-state index contributed by atoms with van der Waals surface area (Å²) in [6, 6.07) is 13.0. The fraction of sp³-hybridized carbons (Fsp3) is 0.350. The van der Waals surface area contributed by atoms with Crippen LogP contribution in [0.25, 0.3) is 0 Å². The number of hydrogen-bond acceptors (Lipinski definition) is 6. The number of para-hydroxylation sites is 1. The van der Waals surface area contributed by atoms with Crippen LogP contribution in [0.5, 0.6) is 0 Å². The normalized spacial score (nSPS) is 13.7. The molecular weight excluding hydrogens is 396 g/mol. The fourth-order valence-corrected chi connectivity index (χ4v) is 4.47. The SMILES string of the molecule is CCC(C)C(C(=O)OCc1ccccc1)N(C)S(=O)(=O)c1ccccc1[N+](=O)[O-]. The second-order valence-corrected chi connectivity index (χ2v) is 8.64. The van der Waals surface area contributed by atoms with E-state index in [1.165, 1.54) is 19.2 Å². The number of esters is 1. The summed E-state index contributed by atoms with van der Waals surface area (Å²) in [4.78, 5) is 22.8. The molecule has 9 heteroatoms. The zero-order valence-electron chi connectivity index (χ0n) is 16.5. The molecule has 0 aliphatic carbocycles. The largest absolute Gasteiger partial charge is 0.460 e. The Morgan fingerprint density at radius 2 is 1.72 bits per heavy atom. The third kappa shape index (κ3) is 5.18. The van der Waals surface area contributed by atoms with Crippen LogP contribution in [0, 0.1) is 16.0 Å². The third-order valence-electron chi connectivity index (χ3n) is 4.76. The summed E-state index contributed by atoms with van der Waals surface area (Å²) in [5.41, 5.74) is 0.230. The van der Waals surface area contributed by atoms with Crippen LogP contribution in [0.4, 0.5) is 5.69 Å². The molecule has 0 aliphatic rings. The van der Waals surface area contributed by atoms with E-state index < -0.39 is 37.5 Å². The van der Waals surface area contributed by atoms with Gasteiger partial charge in [0.15, 0.2) is 4.90 Å². The summed E-state index contributed by atoms with van der Waals surface area (Å²) >= 11 is 0. The Morgan fingerprint density at radius 1 is 1.14 bits per heavy atom. The molecule has 2 aromatic rings. The van der Waals surface area contributed by atoms with Gasteiger partial charge < -0.3 is 4.74 Å². The van der Waals surface area contributed by atoms with Crippen molar-refractivity contribution in [1.82, 2.24) is 4.31 Å². The number of ether oxygens (including phenoxy) is 1. The standard InChI is InChI=1S/C20H24N2O6S/c1-4-15(2)19(20(23)28-14-16-10-6-5-7-11-16)21(3)29(26,27)18-13-9-8-12-17(18)22(24)25/h5-13,15,19H,4,14H2,1-3H3. The number of carbonyl (C=O) groups excluding carboxylic acids is 1. The molecule has 2 unspecified atom stereocenters. The summed E-state index contributed by atoms with van der Waals surface area (Å²) in [7, 11) is -3.06. The van der Waals surface area contributed by atoms with Crippen molar-refractivity contribution < 1.29 is 22.9 Å². The minimum Gasteiger partial charge on any atom is -0.460 e. The van der Waals surface area contributed by atoms with Crippen LogP contribution < -0.4 is 0 Å². The van der Waals surface area contributed by atoms with E-state index in [9.17, 15) is 23.3 Å². The lowest BCUT2D eigenvalue weighted by Gasteiger charge is -2.29. The summed E-state index contributed by atoms with van der Waals surface area (Å²) in [5.74, 6) is -1.06. The van der Waals surface area contributed by atoms with Crippen LogP contribution in [0.1, 0.15) is 25.8 Å². The average molecular weight is 420 g/mol. The summed E-state index contributed by atoms with van der Waals surface area (Å²) < 4.78 is 32.5. The van der Waals surface area contributed by atoms with Crippen molar-refractivity contribution in [3.05, 3.63) is 70.3 Å². The maximum Gasteiger partial charge on any atom is 0.325 e. The number of nitrogens with zero attached hydrogens (tertiary/aromatic N) is 2. The molecule has 0 bridgehead atoms. The zero-order chi connectivity index (χ0) is 21.6. The van der Waals surface area contributed by atoms with Gasteiger partial charge in [0, 0.05) is 13.1 Å². The van der Waals surface area contributed by atoms with E-state index in [0.29, 0.717) is 6.42 Å². The van der Waals surface area contributed by atoms with Gasteiger partial charge in [-0.05, 0) is 17.5 Å². The Morgan fingerprint density at radius 3 is 2.31 bits per heavy atom. The van der Waals surface area contributed by atoms with Gasteiger partial charge in [-0.2, -0.15) is 4.31 Å². The van der Waals surface area contributed by atoms with Gasteiger partial charge in [0.1, 0.15) is 12.6 Å². The number of carbonyl (C=O) groups is 1. The van der Waals surface area contributed by atoms with Gasteiger partial charge in [-0.25, -0.2) is 8.42 Å². The van der Waals surface area contributed by atoms with E-state index in [4.69, 9.17) is 4.74 Å². The van der Waals surface area contributed by atoms with Crippen molar-refractivity contribution in [3.8, 4) is 0 Å². The lowest BCUT2D eigenvalue weighted by Crippen LogP contribution is -2.47. The van der Waals surface area contributed by atoms with Crippen molar-refractivity contribution in [2.24, 2.45) is 5.92 Å². The van der Waals surface area contributed by atoms with E-state index >= 15 is 0 Å². The molecule has 156 valence electrons. The molecule has 2 atom stereocenters. The maximum atomic E-state index is 13.1. The molecule has 8 nitrogen and oxygen atoms in total. The number of rotatable bonds is 9. The number of likely N-dealkylation sites (N-methyl/N-ethyl adjacent to an activating group) is 1. The highest BCUT2D eigenvalue weighted by Crippen LogP contribution is 2.29. The Labute approximate surface area is 170 Å². The van der Waals surface area contributed by atoms with E-state index in [1.807, 2.05) is 13.0 Å². The van der Waals surface area contributed by atoms with E-state index in [-0.39, 0.29) is 12.5 Å². The van der Waals surface area contributed by atoms with Crippen LogP contribution in [0.3, 0.4) is 0 Å². The number of sulfonamides is 1. The van der Waals surface area contributed by atoms with Crippen LogP contribution in [0.15, 0.2) is 59.5 Å². The molecule has 0 radical (unpaired) electrons. The lowest BCUT2D eigenvalue weighted by atomic mass is 9.99. The molecule has 0 saturated carbocycles. The van der Waals surface area contributed by atoms with Gasteiger partial charge in [-0.15, -0.1) is 0 Å². The van der Waals surface area contributed by atoms with Crippen molar-refractivity contribution in [2.45, 2.75) is 37.8 Å². The second-order valence-electron chi connectivity index (χ2n) is 6.67. The monoisotopic (exact) mass is 420 g/mol. The first-order chi connectivity index (χ1) is 13.7. The first kappa shape index (κ1) is 22.5. The van der Waals surface area contributed by atoms with Crippen LogP contribution in [-0.2, 0) is 26.2 Å². The number of hydrogen-bond donors (Lipinski definition) is 0.